The Hall–Kier alpha value is -8.83. The summed E-state index contributed by atoms with van der Waals surface area (Å²) in [5.74, 6) is -4.97. The van der Waals surface area contributed by atoms with E-state index in [0.717, 1.165) is 76.8 Å². The van der Waals surface area contributed by atoms with Gasteiger partial charge in [-0.2, -0.15) is 9.97 Å². The van der Waals surface area contributed by atoms with E-state index in [2.05, 4.69) is 69.8 Å². The molecule has 0 amide bonds. The highest BCUT2D eigenvalue weighted by atomic mass is 16.4. The van der Waals surface area contributed by atoms with E-state index in [-0.39, 0.29) is 17.6 Å². The van der Waals surface area contributed by atoms with Crippen LogP contribution in [-0.4, -0.2) is 54.2 Å². The zero-order valence-electron chi connectivity index (χ0n) is 32.5. The maximum absolute atomic E-state index is 11.3. The van der Waals surface area contributed by atoms with Gasteiger partial charge in [0.25, 0.3) is 0 Å². The average Bonchev–Trinajstić information content (AvgIpc) is 3.96. The molecule has 11 nitrogen and oxygen atoms in total. The van der Waals surface area contributed by atoms with E-state index >= 15 is 0 Å². The van der Waals surface area contributed by atoms with Gasteiger partial charge in [-0.1, -0.05) is 103 Å². The van der Waals surface area contributed by atoms with Crippen LogP contribution in [0.25, 0.3) is 106 Å². The molecule has 0 saturated heterocycles. The highest BCUT2D eigenvalue weighted by Crippen LogP contribution is 2.54. The van der Waals surface area contributed by atoms with Crippen LogP contribution in [0.1, 0.15) is 0 Å². The maximum atomic E-state index is 11.3. The molecule has 296 valence electrons. The number of aromatic hydroxyl groups is 5. The van der Waals surface area contributed by atoms with Crippen molar-refractivity contribution >= 4 is 65.4 Å². The molecule has 0 saturated carbocycles. The number of nitrogens with zero attached hydrogens (tertiary/aromatic N) is 6. The molecular formula is C51H32N6O5. The number of benzene rings is 8. The van der Waals surface area contributed by atoms with Crippen LogP contribution in [0.15, 0.2) is 164 Å². The van der Waals surface area contributed by atoms with Gasteiger partial charge in [-0.25, -0.2) is 4.98 Å². The van der Waals surface area contributed by atoms with Gasteiger partial charge in [0.1, 0.15) is 5.56 Å². The molecule has 0 spiro atoms. The topological polar surface area (TPSA) is 155 Å². The van der Waals surface area contributed by atoms with Crippen LogP contribution in [0.4, 0.5) is 0 Å². The molecule has 4 aromatic heterocycles. The molecular weight excluding hydrogens is 777 g/mol. The Kier molecular flexibility index (Phi) is 7.42. The number of para-hydroxylation sites is 5. The van der Waals surface area contributed by atoms with Crippen molar-refractivity contribution in [1.82, 2.24) is 28.7 Å². The number of hydrogen-bond acceptors (Lipinski definition) is 8. The lowest BCUT2D eigenvalue weighted by atomic mass is 10.1. The Morgan fingerprint density at radius 1 is 0.323 bits per heavy atom. The highest BCUT2D eigenvalue weighted by Gasteiger charge is 2.29. The van der Waals surface area contributed by atoms with Crippen molar-refractivity contribution in [2.75, 3.05) is 0 Å². The van der Waals surface area contributed by atoms with Crippen molar-refractivity contribution in [1.29, 1.82) is 0 Å². The van der Waals surface area contributed by atoms with E-state index in [1.54, 1.807) is 0 Å². The molecule has 0 bridgehead atoms. The van der Waals surface area contributed by atoms with Crippen LogP contribution < -0.4 is 0 Å². The second-order valence-corrected chi connectivity index (χ2v) is 15.2. The van der Waals surface area contributed by atoms with Crippen LogP contribution in [0.5, 0.6) is 28.7 Å². The van der Waals surface area contributed by atoms with E-state index in [1.165, 1.54) is 0 Å². The third-order valence-corrected chi connectivity index (χ3v) is 11.8. The average molecular weight is 809 g/mol. The largest absolute Gasteiger partial charge is 0.504 e. The maximum Gasteiger partial charge on any atom is 0.238 e. The molecule has 0 radical (unpaired) electrons. The van der Waals surface area contributed by atoms with Crippen molar-refractivity contribution < 1.29 is 25.5 Å². The van der Waals surface area contributed by atoms with Gasteiger partial charge in [-0.05, 0) is 60.7 Å². The Bertz CT molecular complexity index is 3790. The highest BCUT2D eigenvalue weighted by molar-refractivity contribution is 6.23. The van der Waals surface area contributed by atoms with E-state index in [4.69, 9.17) is 15.0 Å². The number of fused-ring (bicyclic) bond motifs is 10. The molecule has 0 aliphatic carbocycles. The van der Waals surface area contributed by atoms with Crippen molar-refractivity contribution in [3.05, 3.63) is 164 Å². The molecule has 11 heteroatoms. The predicted molar refractivity (Wildman–Crippen MR) is 242 cm³/mol. The van der Waals surface area contributed by atoms with E-state index in [1.807, 2.05) is 108 Å². The summed E-state index contributed by atoms with van der Waals surface area (Å²) < 4.78 is 6.38. The standard InChI is InChI=1S/C51H32N6O5/c58-44-41(45(59)47(61)48(62)46(44)60)50-52-49(28-23-26-40-36(27-28)33-19-9-10-20-37(33)55(40)29-13-3-1-4-14-29)53-51(54-50)57-39-22-12-8-18-32(39)35-25-24-34-31-17-7-11-21-38(31)56(42(34)43(35)57)30-15-5-2-6-16-30/h1-27,58-62H. The Morgan fingerprint density at radius 3 is 1.35 bits per heavy atom. The SMILES string of the molecule is Oc1c(O)c(O)c(-c2nc(-c3ccc4c(c3)c3ccccc3n4-c3ccccc3)nc(-n3c4ccccc4c4ccc5c6ccccc6n(-c6ccccc6)c5c43)n2)c(O)c1O. The quantitative estimate of drug-likeness (QED) is 0.0850. The first kappa shape index (κ1) is 35.1. The summed E-state index contributed by atoms with van der Waals surface area (Å²) in [6.45, 7) is 0. The summed E-state index contributed by atoms with van der Waals surface area (Å²) in [7, 11) is 0. The van der Waals surface area contributed by atoms with Crippen molar-refractivity contribution in [3.8, 4) is 68.8 Å². The van der Waals surface area contributed by atoms with Crippen molar-refractivity contribution in [3.63, 3.8) is 0 Å². The fourth-order valence-electron chi connectivity index (χ4n) is 9.12. The van der Waals surface area contributed by atoms with Gasteiger partial charge in [0.15, 0.2) is 23.1 Å². The number of phenols is 5. The number of phenolic OH excluding ortho intramolecular Hbond substituents is 5. The van der Waals surface area contributed by atoms with E-state index in [0.29, 0.717) is 5.56 Å². The van der Waals surface area contributed by atoms with Gasteiger partial charge < -0.3 is 34.7 Å². The Labute approximate surface area is 351 Å². The van der Waals surface area contributed by atoms with E-state index in [9.17, 15) is 25.5 Å². The lowest BCUT2D eigenvalue weighted by molar-refractivity contribution is 0.329. The molecule has 0 atom stereocenters. The van der Waals surface area contributed by atoms with Crippen molar-refractivity contribution in [2.24, 2.45) is 0 Å². The Morgan fingerprint density at radius 2 is 0.758 bits per heavy atom. The fourth-order valence-corrected chi connectivity index (χ4v) is 9.12. The fraction of sp³-hybridized carbons (Fsp3) is 0. The summed E-state index contributed by atoms with van der Waals surface area (Å²) in [5.41, 5.74) is 7.48. The zero-order valence-corrected chi connectivity index (χ0v) is 32.5. The molecule has 0 fully saturated rings. The molecule has 12 aromatic rings. The van der Waals surface area contributed by atoms with Gasteiger partial charge in [0.05, 0.1) is 33.1 Å². The van der Waals surface area contributed by atoms with Crippen LogP contribution >= 0.6 is 0 Å². The van der Waals surface area contributed by atoms with Gasteiger partial charge in [-0.3, -0.25) is 4.57 Å². The lowest BCUT2D eigenvalue weighted by Crippen LogP contribution is -2.07. The first-order valence-corrected chi connectivity index (χ1v) is 19.9. The molecule has 5 N–H and O–H groups in total. The number of aromatic nitrogens is 6. The van der Waals surface area contributed by atoms with Crippen LogP contribution in [0.3, 0.4) is 0 Å². The summed E-state index contributed by atoms with van der Waals surface area (Å²) in [4.78, 5) is 14.9. The minimum absolute atomic E-state index is 0.131. The summed E-state index contributed by atoms with van der Waals surface area (Å²) in [5, 5.41) is 60.4. The minimum atomic E-state index is -1.09. The molecule has 62 heavy (non-hydrogen) atoms. The third kappa shape index (κ3) is 4.90. The predicted octanol–water partition coefficient (Wildman–Crippen LogP) is 11.0. The molecule has 0 aliphatic rings. The number of hydrogen-bond donors (Lipinski definition) is 5. The second-order valence-electron chi connectivity index (χ2n) is 15.2. The number of rotatable bonds is 5. The summed E-state index contributed by atoms with van der Waals surface area (Å²) >= 11 is 0. The first-order valence-electron chi connectivity index (χ1n) is 19.9. The minimum Gasteiger partial charge on any atom is -0.504 e. The molecule has 12 rings (SSSR count). The summed E-state index contributed by atoms with van der Waals surface area (Å²) in [6.07, 6.45) is 0. The lowest BCUT2D eigenvalue weighted by Gasteiger charge is -2.15. The molecule has 0 unspecified atom stereocenters. The molecule has 4 heterocycles. The third-order valence-electron chi connectivity index (χ3n) is 11.8. The van der Waals surface area contributed by atoms with Gasteiger partial charge in [0.2, 0.25) is 23.2 Å². The van der Waals surface area contributed by atoms with E-state index < -0.39 is 34.3 Å². The normalized spacial score (nSPS) is 11.9. The first-order chi connectivity index (χ1) is 30.4. The summed E-state index contributed by atoms with van der Waals surface area (Å²) in [6, 6.07) is 54.8. The monoisotopic (exact) mass is 808 g/mol. The van der Waals surface area contributed by atoms with Crippen LogP contribution in [-0.2, 0) is 0 Å². The van der Waals surface area contributed by atoms with Crippen molar-refractivity contribution in [2.45, 2.75) is 0 Å². The Balaban J connectivity index is 1.22. The van der Waals surface area contributed by atoms with Gasteiger partial charge in [-0.15, -0.1) is 0 Å². The smallest absolute Gasteiger partial charge is 0.238 e. The van der Waals surface area contributed by atoms with Gasteiger partial charge >= 0.3 is 0 Å². The van der Waals surface area contributed by atoms with Gasteiger partial charge in [0, 0.05) is 49.3 Å². The molecule has 8 aromatic carbocycles. The van der Waals surface area contributed by atoms with Crippen LogP contribution in [0, 0.1) is 0 Å². The van der Waals surface area contributed by atoms with Crippen LogP contribution in [0.2, 0.25) is 0 Å². The molecule has 0 aliphatic heterocycles. The zero-order chi connectivity index (χ0) is 41.8. The second kappa shape index (κ2) is 13.1.